The van der Waals surface area contributed by atoms with Gasteiger partial charge in [-0.15, -0.1) is 0 Å². The summed E-state index contributed by atoms with van der Waals surface area (Å²) in [6.45, 7) is -0.504. The first kappa shape index (κ1) is 11.3. The van der Waals surface area contributed by atoms with Gasteiger partial charge in [-0.25, -0.2) is 0 Å². The molecule has 0 saturated carbocycles. The molecule has 4 N–H and O–H groups in total. The van der Waals surface area contributed by atoms with Crippen LogP contribution in [0.3, 0.4) is 0 Å². The van der Waals surface area contributed by atoms with Crippen molar-refractivity contribution in [3.05, 3.63) is 0 Å². The predicted octanol–water partition coefficient (Wildman–Crippen LogP) is -3.04. The Balaban J connectivity index is 2.67. The Kier molecular flexibility index (Phi) is 3.78. The Bertz CT molecular complexity index is 194. The van der Waals surface area contributed by atoms with E-state index < -0.39 is 37.3 Å². The van der Waals surface area contributed by atoms with Crippen molar-refractivity contribution in [3.8, 4) is 0 Å². The summed E-state index contributed by atoms with van der Waals surface area (Å²) < 4.78 is 9.12. The van der Waals surface area contributed by atoms with E-state index in [-0.39, 0.29) is 6.47 Å². The lowest BCUT2D eigenvalue weighted by Crippen LogP contribution is -2.59. The van der Waals surface area contributed by atoms with Crippen LogP contribution in [0.5, 0.6) is 0 Å². The van der Waals surface area contributed by atoms with E-state index in [2.05, 4.69) is 4.74 Å². The van der Waals surface area contributed by atoms with Crippen LogP contribution in [0.25, 0.3) is 0 Å². The topological polar surface area (TPSA) is 116 Å². The van der Waals surface area contributed by atoms with Crippen molar-refractivity contribution in [3.63, 3.8) is 0 Å². The van der Waals surface area contributed by atoms with Crippen molar-refractivity contribution in [2.75, 3.05) is 6.61 Å². The molecule has 14 heavy (non-hydrogen) atoms. The first-order chi connectivity index (χ1) is 6.61. The molecule has 5 atom stereocenters. The SMILES string of the molecule is O=CO[C@@H]1O[C@H](CO)[C@@H](O)[C@H](O)[C@@H]1O. The monoisotopic (exact) mass is 208 g/mol. The van der Waals surface area contributed by atoms with E-state index >= 15 is 0 Å². The Morgan fingerprint density at radius 3 is 2.36 bits per heavy atom. The minimum absolute atomic E-state index is 0.0484. The molecule has 0 radical (unpaired) electrons. The fraction of sp³-hybridized carbons (Fsp3) is 0.857. The van der Waals surface area contributed by atoms with Crippen molar-refractivity contribution in [1.82, 2.24) is 0 Å². The highest BCUT2D eigenvalue weighted by Gasteiger charge is 2.44. The summed E-state index contributed by atoms with van der Waals surface area (Å²) in [6, 6.07) is 0. The normalized spacial score (nSPS) is 43.3. The van der Waals surface area contributed by atoms with E-state index in [1.807, 2.05) is 0 Å². The number of hydrogen-bond donors (Lipinski definition) is 4. The molecule has 0 amide bonds. The highest BCUT2D eigenvalue weighted by Crippen LogP contribution is 2.21. The molecule has 1 aliphatic heterocycles. The third kappa shape index (κ3) is 2.02. The van der Waals surface area contributed by atoms with E-state index in [9.17, 15) is 20.1 Å². The molecule has 1 heterocycles. The smallest absolute Gasteiger partial charge is 0.295 e. The Labute approximate surface area is 79.5 Å². The molecule has 0 aromatic heterocycles. The number of carbonyl (C=O) groups excluding carboxylic acids is 1. The van der Waals surface area contributed by atoms with Crippen LogP contribution in [0.1, 0.15) is 0 Å². The van der Waals surface area contributed by atoms with Gasteiger partial charge >= 0.3 is 0 Å². The third-order valence-corrected chi connectivity index (χ3v) is 2.04. The molecule has 1 aliphatic rings. The van der Waals surface area contributed by atoms with Crippen LogP contribution in [0, 0.1) is 0 Å². The molecule has 82 valence electrons. The number of ether oxygens (including phenoxy) is 2. The zero-order chi connectivity index (χ0) is 10.7. The van der Waals surface area contributed by atoms with Crippen LogP contribution in [-0.4, -0.2) is 64.2 Å². The van der Waals surface area contributed by atoms with E-state index in [4.69, 9.17) is 9.84 Å². The average molecular weight is 208 g/mol. The maximum Gasteiger partial charge on any atom is 0.295 e. The van der Waals surface area contributed by atoms with Crippen LogP contribution in [0.4, 0.5) is 0 Å². The van der Waals surface area contributed by atoms with Crippen LogP contribution < -0.4 is 0 Å². The zero-order valence-electron chi connectivity index (χ0n) is 7.18. The quantitative estimate of drug-likeness (QED) is 0.364. The molecule has 1 fully saturated rings. The maximum absolute atomic E-state index is 9.98. The van der Waals surface area contributed by atoms with E-state index in [0.29, 0.717) is 0 Å². The van der Waals surface area contributed by atoms with Crippen LogP contribution >= 0.6 is 0 Å². The first-order valence-electron chi connectivity index (χ1n) is 4.01. The summed E-state index contributed by atoms with van der Waals surface area (Å²) in [6.07, 6.45) is -6.92. The summed E-state index contributed by atoms with van der Waals surface area (Å²) in [5.74, 6) is 0. The molecule has 1 saturated heterocycles. The lowest BCUT2D eigenvalue weighted by molar-refractivity contribution is -0.288. The van der Waals surface area contributed by atoms with Crippen LogP contribution in [-0.2, 0) is 14.3 Å². The molecular weight excluding hydrogens is 196 g/mol. The predicted molar refractivity (Wildman–Crippen MR) is 40.9 cm³/mol. The highest BCUT2D eigenvalue weighted by atomic mass is 16.7. The number of aliphatic hydroxyl groups is 4. The lowest BCUT2D eigenvalue weighted by atomic mass is 9.99. The van der Waals surface area contributed by atoms with Crippen molar-refractivity contribution >= 4 is 6.47 Å². The van der Waals surface area contributed by atoms with Gasteiger partial charge in [0.2, 0.25) is 6.29 Å². The molecule has 0 bridgehead atoms. The van der Waals surface area contributed by atoms with Gasteiger partial charge in [0.05, 0.1) is 6.61 Å². The van der Waals surface area contributed by atoms with Crippen molar-refractivity contribution in [2.24, 2.45) is 0 Å². The fourth-order valence-corrected chi connectivity index (χ4v) is 1.23. The molecule has 7 nitrogen and oxygen atoms in total. The molecule has 0 spiro atoms. The molecule has 0 aromatic rings. The fourth-order valence-electron chi connectivity index (χ4n) is 1.23. The van der Waals surface area contributed by atoms with Gasteiger partial charge in [0.25, 0.3) is 6.47 Å². The van der Waals surface area contributed by atoms with Crippen molar-refractivity contribution < 1.29 is 34.7 Å². The van der Waals surface area contributed by atoms with E-state index in [1.54, 1.807) is 0 Å². The molecule has 7 heteroatoms. The third-order valence-electron chi connectivity index (χ3n) is 2.04. The average Bonchev–Trinajstić information content (AvgIpc) is 2.19. The molecule has 1 rings (SSSR count). The first-order valence-corrected chi connectivity index (χ1v) is 4.01. The Morgan fingerprint density at radius 1 is 1.21 bits per heavy atom. The summed E-state index contributed by atoms with van der Waals surface area (Å²) >= 11 is 0. The summed E-state index contributed by atoms with van der Waals surface area (Å²) in [7, 11) is 0. The number of aliphatic hydroxyl groups excluding tert-OH is 4. The van der Waals surface area contributed by atoms with Gasteiger partial charge in [-0.1, -0.05) is 0 Å². The molecular formula is C7H12O7. The lowest BCUT2D eigenvalue weighted by Gasteiger charge is -2.38. The molecule has 0 aromatic carbocycles. The van der Waals surface area contributed by atoms with Gasteiger partial charge in [0, 0.05) is 0 Å². The van der Waals surface area contributed by atoms with Gasteiger partial charge in [-0.05, 0) is 0 Å². The van der Waals surface area contributed by atoms with Crippen molar-refractivity contribution in [2.45, 2.75) is 30.7 Å². The van der Waals surface area contributed by atoms with E-state index in [0.717, 1.165) is 0 Å². The standard InChI is InChI=1S/C7H12O7/c8-1-3-4(10)5(11)6(12)7(14-3)13-2-9/h2-8,10-12H,1H2/t3-,4-,5+,6+,7-/m1/s1. The second-order valence-corrected chi connectivity index (χ2v) is 2.93. The summed E-state index contributed by atoms with van der Waals surface area (Å²) in [4.78, 5) is 9.98. The molecule has 0 aliphatic carbocycles. The number of rotatable bonds is 3. The number of carbonyl (C=O) groups is 1. The molecule has 0 unspecified atom stereocenters. The minimum atomic E-state index is -1.53. The van der Waals surface area contributed by atoms with Crippen LogP contribution in [0.2, 0.25) is 0 Å². The van der Waals surface area contributed by atoms with Gasteiger partial charge in [-0.2, -0.15) is 0 Å². The second-order valence-electron chi connectivity index (χ2n) is 2.93. The summed E-state index contributed by atoms with van der Waals surface area (Å²) in [5, 5.41) is 36.5. The van der Waals surface area contributed by atoms with Gasteiger partial charge in [-0.3, -0.25) is 4.79 Å². The highest BCUT2D eigenvalue weighted by molar-refractivity contribution is 5.37. The second kappa shape index (κ2) is 4.67. The van der Waals surface area contributed by atoms with Crippen LogP contribution in [0.15, 0.2) is 0 Å². The number of hydrogen-bond acceptors (Lipinski definition) is 7. The van der Waals surface area contributed by atoms with Gasteiger partial charge < -0.3 is 29.9 Å². The van der Waals surface area contributed by atoms with Crippen molar-refractivity contribution in [1.29, 1.82) is 0 Å². The maximum atomic E-state index is 9.98. The van der Waals surface area contributed by atoms with E-state index in [1.165, 1.54) is 0 Å². The summed E-state index contributed by atoms with van der Waals surface area (Å²) in [5.41, 5.74) is 0. The van der Waals surface area contributed by atoms with Gasteiger partial charge in [0.15, 0.2) is 0 Å². The Morgan fingerprint density at radius 2 is 1.86 bits per heavy atom. The zero-order valence-corrected chi connectivity index (χ0v) is 7.18. The van der Waals surface area contributed by atoms with Gasteiger partial charge in [0.1, 0.15) is 24.4 Å². The minimum Gasteiger partial charge on any atom is -0.435 e. The Hall–Kier alpha value is -0.730. The largest absolute Gasteiger partial charge is 0.435 e.